The Morgan fingerprint density at radius 2 is 1.80 bits per heavy atom. The predicted octanol–water partition coefficient (Wildman–Crippen LogP) is 3.28. The molecular formula is C17H20N2O. The minimum Gasteiger partial charge on any atom is -0.381 e. The van der Waals surface area contributed by atoms with Crippen molar-refractivity contribution in [3.8, 4) is 0 Å². The van der Waals surface area contributed by atoms with Gasteiger partial charge in [-0.05, 0) is 42.7 Å². The van der Waals surface area contributed by atoms with Crippen LogP contribution < -0.4 is 10.6 Å². The number of benzene rings is 2. The number of rotatable bonds is 4. The third kappa shape index (κ3) is 3.18. The van der Waals surface area contributed by atoms with Gasteiger partial charge in [-0.25, -0.2) is 0 Å². The minimum atomic E-state index is -0.0658. The first-order chi connectivity index (χ1) is 9.61. The molecule has 2 N–H and O–H groups in total. The molecule has 104 valence electrons. The molecule has 0 spiro atoms. The molecule has 0 atom stereocenters. The van der Waals surface area contributed by atoms with E-state index in [9.17, 15) is 4.79 Å². The molecular weight excluding hydrogens is 248 g/mol. The normalized spacial score (nSPS) is 10.2. The lowest BCUT2D eigenvalue weighted by Crippen LogP contribution is -2.18. The van der Waals surface area contributed by atoms with Crippen LogP contribution in [0.4, 0.5) is 5.69 Å². The summed E-state index contributed by atoms with van der Waals surface area (Å²) in [4.78, 5) is 11.7. The Hall–Kier alpha value is -2.29. The molecule has 0 fully saturated rings. The Morgan fingerprint density at radius 3 is 2.50 bits per heavy atom. The molecule has 1 amide bonds. The monoisotopic (exact) mass is 268 g/mol. The Kier molecular flexibility index (Phi) is 4.41. The third-order valence-electron chi connectivity index (χ3n) is 3.46. The largest absolute Gasteiger partial charge is 0.381 e. The van der Waals surface area contributed by atoms with E-state index in [1.165, 1.54) is 11.1 Å². The van der Waals surface area contributed by atoms with E-state index in [0.29, 0.717) is 5.56 Å². The highest BCUT2D eigenvalue weighted by atomic mass is 16.1. The summed E-state index contributed by atoms with van der Waals surface area (Å²) in [6, 6.07) is 14.0. The summed E-state index contributed by atoms with van der Waals surface area (Å²) in [6.07, 6.45) is 0. The lowest BCUT2D eigenvalue weighted by molar-refractivity contribution is 0.0963. The van der Waals surface area contributed by atoms with Crippen LogP contribution in [0.3, 0.4) is 0 Å². The average Bonchev–Trinajstić information content (AvgIpc) is 2.47. The molecule has 0 bridgehead atoms. The highest BCUT2D eigenvalue weighted by molar-refractivity contribution is 5.95. The summed E-state index contributed by atoms with van der Waals surface area (Å²) in [7, 11) is 1.64. The molecule has 2 aromatic carbocycles. The zero-order valence-corrected chi connectivity index (χ0v) is 12.2. The zero-order chi connectivity index (χ0) is 14.5. The van der Waals surface area contributed by atoms with Gasteiger partial charge in [-0.1, -0.05) is 30.3 Å². The summed E-state index contributed by atoms with van der Waals surface area (Å²) < 4.78 is 0. The fraction of sp³-hybridized carbons (Fsp3) is 0.235. The molecule has 0 aliphatic rings. The molecule has 0 radical (unpaired) electrons. The molecule has 2 rings (SSSR count). The maximum absolute atomic E-state index is 11.7. The maximum atomic E-state index is 11.7. The molecule has 0 heterocycles. The van der Waals surface area contributed by atoms with E-state index in [-0.39, 0.29) is 5.91 Å². The van der Waals surface area contributed by atoms with Gasteiger partial charge in [-0.3, -0.25) is 4.79 Å². The van der Waals surface area contributed by atoms with Gasteiger partial charge in [0.2, 0.25) is 0 Å². The SMILES string of the molecule is CNC(=O)c1ccc(C)c(NCc2ccccc2C)c1. The predicted molar refractivity (Wildman–Crippen MR) is 83.1 cm³/mol. The number of anilines is 1. The van der Waals surface area contributed by atoms with Gasteiger partial charge in [0.15, 0.2) is 0 Å². The molecule has 0 aliphatic heterocycles. The van der Waals surface area contributed by atoms with Crippen molar-refractivity contribution < 1.29 is 4.79 Å². The van der Waals surface area contributed by atoms with Gasteiger partial charge in [0.05, 0.1) is 0 Å². The van der Waals surface area contributed by atoms with E-state index in [1.54, 1.807) is 7.05 Å². The van der Waals surface area contributed by atoms with Crippen molar-refractivity contribution in [1.29, 1.82) is 0 Å². The summed E-state index contributed by atoms with van der Waals surface area (Å²) in [5.41, 5.74) is 5.32. The van der Waals surface area contributed by atoms with Crippen molar-refractivity contribution in [2.75, 3.05) is 12.4 Å². The first kappa shape index (κ1) is 14.1. The van der Waals surface area contributed by atoms with Crippen LogP contribution in [0.15, 0.2) is 42.5 Å². The average molecular weight is 268 g/mol. The molecule has 0 saturated carbocycles. The van der Waals surface area contributed by atoms with E-state index in [4.69, 9.17) is 0 Å². The number of hydrogen-bond donors (Lipinski definition) is 2. The van der Waals surface area contributed by atoms with Crippen LogP contribution >= 0.6 is 0 Å². The first-order valence-electron chi connectivity index (χ1n) is 6.73. The number of nitrogens with one attached hydrogen (secondary N) is 2. The highest BCUT2D eigenvalue weighted by Gasteiger charge is 2.06. The van der Waals surface area contributed by atoms with Crippen molar-refractivity contribution in [2.24, 2.45) is 0 Å². The second-order valence-electron chi connectivity index (χ2n) is 4.89. The highest BCUT2D eigenvalue weighted by Crippen LogP contribution is 2.18. The lowest BCUT2D eigenvalue weighted by Gasteiger charge is -2.12. The second kappa shape index (κ2) is 6.24. The molecule has 2 aromatic rings. The van der Waals surface area contributed by atoms with E-state index in [0.717, 1.165) is 17.8 Å². The Labute approximate surface area is 120 Å². The van der Waals surface area contributed by atoms with Gasteiger partial charge in [0.1, 0.15) is 0 Å². The number of amides is 1. The summed E-state index contributed by atoms with van der Waals surface area (Å²) in [5, 5.41) is 6.05. The molecule has 0 aliphatic carbocycles. The van der Waals surface area contributed by atoms with Crippen LogP contribution in [-0.4, -0.2) is 13.0 Å². The van der Waals surface area contributed by atoms with Crippen molar-refractivity contribution in [3.05, 3.63) is 64.7 Å². The number of carbonyl (C=O) groups is 1. The van der Waals surface area contributed by atoms with E-state index < -0.39 is 0 Å². The van der Waals surface area contributed by atoms with Crippen LogP contribution in [0.1, 0.15) is 27.0 Å². The fourth-order valence-corrected chi connectivity index (χ4v) is 2.10. The summed E-state index contributed by atoms with van der Waals surface area (Å²) in [5.74, 6) is -0.0658. The van der Waals surface area contributed by atoms with Crippen molar-refractivity contribution in [1.82, 2.24) is 5.32 Å². The lowest BCUT2D eigenvalue weighted by atomic mass is 10.1. The van der Waals surface area contributed by atoms with Crippen molar-refractivity contribution in [2.45, 2.75) is 20.4 Å². The van der Waals surface area contributed by atoms with Gasteiger partial charge in [-0.15, -0.1) is 0 Å². The fourth-order valence-electron chi connectivity index (χ4n) is 2.10. The third-order valence-corrected chi connectivity index (χ3v) is 3.46. The molecule has 3 nitrogen and oxygen atoms in total. The van der Waals surface area contributed by atoms with Crippen molar-refractivity contribution in [3.63, 3.8) is 0 Å². The van der Waals surface area contributed by atoms with Crippen molar-refractivity contribution >= 4 is 11.6 Å². The standard InChI is InChI=1S/C17H20N2O/c1-12-6-4-5-7-15(12)11-19-16-10-14(17(20)18-3)9-8-13(16)2/h4-10,19H,11H2,1-3H3,(H,18,20). The zero-order valence-electron chi connectivity index (χ0n) is 12.2. The Morgan fingerprint density at radius 1 is 1.05 bits per heavy atom. The topological polar surface area (TPSA) is 41.1 Å². The quantitative estimate of drug-likeness (QED) is 0.893. The van der Waals surface area contributed by atoms with E-state index in [1.807, 2.05) is 37.3 Å². The smallest absolute Gasteiger partial charge is 0.251 e. The Bertz CT molecular complexity index is 620. The van der Waals surface area contributed by atoms with Crippen LogP contribution in [-0.2, 0) is 6.54 Å². The molecule has 0 aromatic heterocycles. The van der Waals surface area contributed by atoms with E-state index >= 15 is 0 Å². The number of aryl methyl sites for hydroxylation is 2. The van der Waals surface area contributed by atoms with Gasteiger partial charge < -0.3 is 10.6 Å². The van der Waals surface area contributed by atoms with E-state index in [2.05, 4.69) is 29.7 Å². The van der Waals surface area contributed by atoms with Crippen LogP contribution in [0.5, 0.6) is 0 Å². The van der Waals surface area contributed by atoms with Gasteiger partial charge in [0.25, 0.3) is 5.91 Å². The number of carbonyl (C=O) groups excluding carboxylic acids is 1. The molecule has 20 heavy (non-hydrogen) atoms. The molecule has 3 heteroatoms. The number of hydrogen-bond acceptors (Lipinski definition) is 2. The maximum Gasteiger partial charge on any atom is 0.251 e. The summed E-state index contributed by atoms with van der Waals surface area (Å²) >= 11 is 0. The van der Waals surface area contributed by atoms with Crippen LogP contribution in [0, 0.1) is 13.8 Å². The molecule has 0 saturated heterocycles. The first-order valence-corrected chi connectivity index (χ1v) is 6.73. The summed E-state index contributed by atoms with van der Waals surface area (Å²) in [6.45, 7) is 4.89. The molecule has 0 unspecified atom stereocenters. The van der Waals surface area contributed by atoms with Crippen LogP contribution in [0.2, 0.25) is 0 Å². The van der Waals surface area contributed by atoms with Gasteiger partial charge in [0, 0.05) is 24.8 Å². The van der Waals surface area contributed by atoms with Crippen LogP contribution in [0.25, 0.3) is 0 Å². The minimum absolute atomic E-state index is 0.0658. The van der Waals surface area contributed by atoms with Gasteiger partial charge in [-0.2, -0.15) is 0 Å². The van der Waals surface area contributed by atoms with Gasteiger partial charge >= 0.3 is 0 Å². The Balaban J connectivity index is 2.17. The second-order valence-corrected chi connectivity index (χ2v) is 4.89.